The van der Waals surface area contributed by atoms with E-state index in [1.807, 2.05) is 6.07 Å². The number of nitrogens with one attached hydrogen (secondary N) is 1. The van der Waals surface area contributed by atoms with Crippen molar-refractivity contribution in [3.63, 3.8) is 0 Å². The van der Waals surface area contributed by atoms with Crippen molar-refractivity contribution in [1.29, 1.82) is 0 Å². The second kappa shape index (κ2) is 3.92. The van der Waals surface area contributed by atoms with Crippen LogP contribution in [0.4, 0.5) is 0 Å². The van der Waals surface area contributed by atoms with Crippen molar-refractivity contribution in [2.75, 3.05) is 0 Å². The normalized spacial score (nSPS) is 20.1. The lowest BCUT2D eigenvalue weighted by atomic mass is 10.1. The molecule has 14 heavy (non-hydrogen) atoms. The zero-order chi connectivity index (χ0) is 10.1. The molecule has 1 aliphatic carbocycles. The molecule has 0 saturated carbocycles. The Hall–Kier alpha value is -0.530. The second-order valence-corrected chi connectivity index (χ2v) is 4.78. The number of rotatable bonds is 2. The Labute approximate surface area is 90.5 Å². The second-order valence-electron chi connectivity index (χ2n) is 4.34. The third-order valence-electron chi connectivity index (χ3n) is 2.67. The minimum absolute atomic E-state index is 0.560. The Kier molecular flexibility index (Phi) is 2.80. The van der Waals surface area contributed by atoms with Crippen LogP contribution in [0.1, 0.15) is 25.0 Å². The fraction of sp³-hybridized carbons (Fsp3) is 0.500. The molecule has 0 bridgehead atoms. The average molecular weight is 210 g/mol. The summed E-state index contributed by atoms with van der Waals surface area (Å²) in [4.78, 5) is 0. The highest BCUT2D eigenvalue weighted by Gasteiger charge is 2.21. The van der Waals surface area contributed by atoms with Gasteiger partial charge in [0.15, 0.2) is 0 Å². The van der Waals surface area contributed by atoms with Crippen molar-refractivity contribution in [3.8, 4) is 0 Å². The molecular formula is C12H16ClN. The van der Waals surface area contributed by atoms with E-state index in [0.717, 1.165) is 17.9 Å². The number of halogens is 1. The van der Waals surface area contributed by atoms with Gasteiger partial charge in [-0.1, -0.05) is 31.5 Å². The monoisotopic (exact) mass is 209 g/mol. The van der Waals surface area contributed by atoms with Gasteiger partial charge in [0.2, 0.25) is 0 Å². The molecule has 1 unspecified atom stereocenters. The van der Waals surface area contributed by atoms with Crippen molar-refractivity contribution >= 4 is 11.6 Å². The van der Waals surface area contributed by atoms with Crippen LogP contribution >= 0.6 is 11.6 Å². The predicted octanol–water partition coefficient (Wildman–Crippen LogP) is 2.81. The first-order valence-corrected chi connectivity index (χ1v) is 5.56. The maximum absolute atomic E-state index is 5.96. The van der Waals surface area contributed by atoms with Crippen LogP contribution in [-0.2, 0) is 12.8 Å². The van der Waals surface area contributed by atoms with Crippen LogP contribution in [0.2, 0.25) is 5.02 Å². The highest BCUT2D eigenvalue weighted by Crippen LogP contribution is 2.25. The van der Waals surface area contributed by atoms with Crippen molar-refractivity contribution in [3.05, 3.63) is 34.3 Å². The molecule has 0 saturated heterocycles. The number of hydrogen-bond donors (Lipinski definition) is 1. The first kappa shape index (κ1) is 10.0. The van der Waals surface area contributed by atoms with Crippen molar-refractivity contribution in [2.24, 2.45) is 0 Å². The van der Waals surface area contributed by atoms with Gasteiger partial charge in [0, 0.05) is 17.1 Å². The van der Waals surface area contributed by atoms with Gasteiger partial charge in [-0.3, -0.25) is 0 Å². The van der Waals surface area contributed by atoms with E-state index in [1.165, 1.54) is 11.1 Å². The van der Waals surface area contributed by atoms with Gasteiger partial charge < -0.3 is 5.32 Å². The quantitative estimate of drug-likeness (QED) is 0.790. The highest BCUT2D eigenvalue weighted by molar-refractivity contribution is 6.30. The van der Waals surface area contributed by atoms with E-state index in [2.05, 4.69) is 31.3 Å². The predicted molar refractivity (Wildman–Crippen MR) is 60.9 cm³/mol. The molecule has 0 radical (unpaired) electrons. The number of fused-ring (bicyclic) bond motifs is 1. The smallest absolute Gasteiger partial charge is 0.0408 e. The van der Waals surface area contributed by atoms with Gasteiger partial charge >= 0.3 is 0 Å². The topological polar surface area (TPSA) is 12.0 Å². The molecule has 0 aromatic heterocycles. The lowest BCUT2D eigenvalue weighted by molar-refractivity contribution is 0.478. The van der Waals surface area contributed by atoms with Gasteiger partial charge in [-0.25, -0.2) is 0 Å². The molecule has 0 heterocycles. The maximum Gasteiger partial charge on any atom is 0.0408 e. The summed E-state index contributed by atoms with van der Waals surface area (Å²) in [5, 5.41) is 4.42. The van der Waals surface area contributed by atoms with Crippen LogP contribution in [0.25, 0.3) is 0 Å². The van der Waals surface area contributed by atoms with E-state index in [9.17, 15) is 0 Å². The average Bonchev–Trinajstić information content (AvgIpc) is 2.44. The first-order valence-electron chi connectivity index (χ1n) is 5.18. The summed E-state index contributed by atoms with van der Waals surface area (Å²) >= 11 is 5.96. The van der Waals surface area contributed by atoms with Crippen molar-refractivity contribution in [2.45, 2.75) is 38.8 Å². The van der Waals surface area contributed by atoms with Gasteiger partial charge in [0.1, 0.15) is 0 Å². The molecule has 2 rings (SSSR count). The lowest BCUT2D eigenvalue weighted by Crippen LogP contribution is -2.35. The van der Waals surface area contributed by atoms with Crippen LogP contribution in [0.3, 0.4) is 0 Å². The zero-order valence-corrected chi connectivity index (χ0v) is 9.43. The summed E-state index contributed by atoms with van der Waals surface area (Å²) < 4.78 is 0. The molecule has 1 aromatic carbocycles. The van der Waals surface area contributed by atoms with Crippen LogP contribution in [0.15, 0.2) is 18.2 Å². The van der Waals surface area contributed by atoms with Gasteiger partial charge in [-0.2, -0.15) is 0 Å². The minimum atomic E-state index is 0.560. The van der Waals surface area contributed by atoms with Gasteiger partial charge in [0.05, 0.1) is 0 Å². The van der Waals surface area contributed by atoms with E-state index in [0.29, 0.717) is 12.1 Å². The molecule has 0 aliphatic heterocycles. The maximum atomic E-state index is 5.96. The Morgan fingerprint density at radius 3 is 2.71 bits per heavy atom. The first-order chi connectivity index (χ1) is 6.65. The van der Waals surface area contributed by atoms with Crippen molar-refractivity contribution in [1.82, 2.24) is 5.32 Å². The zero-order valence-electron chi connectivity index (χ0n) is 8.68. The van der Waals surface area contributed by atoms with Crippen LogP contribution in [0, 0.1) is 0 Å². The SMILES string of the molecule is CC(C)NC1Cc2ccc(Cl)cc2C1. The molecule has 1 aromatic rings. The molecule has 0 amide bonds. The Morgan fingerprint density at radius 2 is 2.00 bits per heavy atom. The summed E-state index contributed by atoms with van der Waals surface area (Å²) in [6, 6.07) is 7.39. The molecule has 1 nitrogen and oxygen atoms in total. The van der Waals surface area contributed by atoms with Gasteiger partial charge in [0.25, 0.3) is 0 Å². The van der Waals surface area contributed by atoms with E-state index in [1.54, 1.807) is 0 Å². The molecule has 1 atom stereocenters. The molecule has 0 spiro atoms. The van der Waals surface area contributed by atoms with Crippen LogP contribution < -0.4 is 5.32 Å². The Bertz CT molecular complexity index is 333. The summed E-state index contributed by atoms with van der Waals surface area (Å²) in [7, 11) is 0. The molecule has 0 fully saturated rings. The van der Waals surface area contributed by atoms with Gasteiger partial charge in [-0.15, -0.1) is 0 Å². The van der Waals surface area contributed by atoms with Gasteiger partial charge in [-0.05, 0) is 36.1 Å². The summed E-state index contributed by atoms with van der Waals surface area (Å²) in [6.45, 7) is 4.38. The molecule has 1 N–H and O–H groups in total. The van der Waals surface area contributed by atoms with Crippen LogP contribution in [0.5, 0.6) is 0 Å². The van der Waals surface area contributed by atoms with E-state index in [-0.39, 0.29) is 0 Å². The molecule has 76 valence electrons. The Morgan fingerprint density at radius 1 is 1.29 bits per heavy atom. The summed E-state index contributed by atoms with van der Waals surface area (Å²) in [6.07, 6.45) is 2.26. The third-order valence-corrected chi connectivity index (χ3v) is 2.91. The minimum Gasteiger partial charge on any atom is -0.311 e. The highest BCUT2D eigenvalue weighted by atomic mass is 35.5. The number of benzene rings is 1. The summed E-state index contributed by atoms with van der Waals surface area (Å²) in [5.74, 6) is 0. The number of hydrogen-bond acceptors (Lipinski definition) is 1. The third kappa shape index (κ3) is 2.10. The van der Waals surface area contributed by atoms with Crippen LogP contribution in [-0.4, -0.2) is 12.1 Å². The fourth-order valence-electron chi connectivity index (χ4n) is 2.18. The fourth-order valence-corrected chi connectivity index (χ4v) is 2.37. The Balaban J connectivity index is 2.10. The van der Waals surface area contributed by atoms with E-state index in [4.69, 9.17) is 11.6 Å². The van der Waals surface area contributed by atoms with Crippen molar-refractivity contribution < 1.29 is 0 Å². The summed E-state index contributed by atoms with van der Waals surface area (Å²) in [5.41, 5.74) is 2.86. The molecule has 1 aliphatic rings. The molecule has 2 heteroatoms. The van der Waals surface area contributed by atoms with E-state index < -0.39 is 0 Å². The molecular weight excluding hydrogens is 194 g/mol. The van der Waals surface area contributed by atoms with E-state index >= 15 is 0 Å². The largest absolute Gasteiger partial charge is 0.311 e. The lowest BCUT2D eigenvalue weighted by Gasteiger charge is -2.14. The standard InChI is InChI=1S/C12H16ClN/c1-8(2)14-12-6-9-3-4-11(13)5-10(9)7-12/h3-5,8,12,14H,6-7H2,1-2H3.